The molecule has 0 saturated heterocycles. The van der Waals surface area contributed by atoms with E-state index in [9.17, 15) is 13.6 Å². The van der Waals surface area contributed by atoms with Crippen LogP contribution in [0.15, 0.2) is 46.8 Å². The monoisotopic (exact) mass is 443 g/mol. The number of hydrogen-bond acceptors (Lipinski definition) is 5. The number of nitrogens with zero attached hydrogens (tertiary/aromatic N) is 2. The van der Waals surface area contributed by atoms with Crippen molar-refractivity contribution in [2.24, 2.45) is 0 Å². The van der Waals surface area contributed by atoms with Crippen molar-refractivity contribution >= 4 is 58.5 Å². The molecule has 1 amide bonds. The zero-order valence-electron chi connectivity index (χ0n) is 13.6. The Kier molecular flexibility index (Phi) is 6.59. The van der Waals surface area contributed by atoms with Crippen LogP contribution in [-0.2, 0) is 4.79 Å². The fourth-order valence-corrected chi connectivity index (χ4v) is 4.59. The molecule has 0 fully saturated rings. The normalized spacial score (nSPS) is 10.8. The molecule has 27 heavy (non-hydrogen) atoms. The van der Waals surface area contributed by atoms with Crippen molar-refractivity contribution in [2.45, 2.75) is 10.8 Å². The van der Waals surface area contributed by atoms with E-state index in [1.54, 1.807) is 16.8 Å². The van der Waals surface area contributed by atoms with Crippen LogP contribution in [0.4, 0.5) is 14.5 Å². The molecule has 0 aliphatic heterocycles. The Morgan fingerprint density at radius 3 is 2.67 bits per heavy atom. The Morgan fingerprint density at radius 1 is 1.22 bits per heavy atom. The summed E-state index contributed by atoms with van der Waals surface area (Å²) >= 11 is 14.0. The van der Waals surface area contributed by atoms with Crippen LogP contribution < -0.4 is 5.32 Å². The van der Waals surface area contributed by atoms with Crippen LogP contribution in [0.2, 0.25) is 5.02 Å². The molecular formula is C17H12ClF2N3OS3. The van der Waals surface area contributed by atoms with Crippen molar-refractivity contribution in [3.8, 4) is 5.69 Å². The number of aromatic nitrogens is 2. The van der Waals surface area contributed by atoms with Gasteiger partial charge < -0.3 is 5.32 Å². The molecule has 0 aliphatic carbocycles. The average molecular weight is 444 g/mol. The summed E-state index contributed by atoms with van der Waals surface area (Å²) in [7, 11) is 0. The van der Waals surface area contributed by atoms with Crippen molar-refractivity contribution in [1.82, 2.24) is 9.78 Å². The first-order valence-corrected chi connectivity index (χ1v) is 10.2. The summed E-state index contributed by atoms with van der Waals surface area (Å²) in [4.78, 5) is 11.9. The smallest absolute Gasteiger partial charge is 0.225 e. The van der Waals surface area contributed by atoms with E-state index in [2.05, 4.69) is 10.4 Å². The van der Waals surface area contributed by atoms with Crippen molar-refractivity contribution < 1.29 is 13.6 Å². The number of anilines is 1. The van der Waals surface area contributed by atoms with Gasteiger partial charge in [0.2, 0.25) is 5.91 Å². The molecule has 1 N–H and O–H groups in total. The number of carbonyl (C=O) groups is 1. The molecule has 0 bridgehead atoms. The molecule has 4 nitrogen and oxygen atoms in total. The third kappa shape index (κ3) is 5.35. The Morgan fingerprint density at radius 2 is 1.96 bits per heavy atom. The van der Waals surface area contributed by atoms with Crippen LogP contribution in [0.1, 0.15) is 6.42 Å². The first-order valence-electron chi connectivity index (χ1n) is 7.66. The quantitative estimate of drug-likeness (QED) is 0.391. The van der Waals surface area contributed by atoms with Gasteiger partial charge in [0.25, 0.3) is 0 Å². The van der Waals surface area contributed by atoms with E-state index in [-0.39, 0.29) is 18.0 Å². The lowest BCUT2D eigenvalue weighted by Crippen LogP contribution is -2.12. The number of amides is 1. The van der Waals surface area contributed by atoms with E-state index < -0.39 is 11.6 Å². The molecule has 1 aromatic heterocycles. The lowest BCUT2D eigenvalue weighted by Gasteiger charge is -2.05. The van der Waals surface area contributed by atoms with Gasteiger partial charge in [-0.2, -0.15) is 0 Å². The van der Waals surface area contributed by atoms with Crippen LogP contribution in [0, 0.1) is 15.6 Å². The van der Waals surface area contributed by atoms with Gasteiger partial charge in [-0.1, -0.05) is 34.7 Å². The maximum atomic E-state index is 13.1. The van der Waals surface area contributed by atoms with Gasteiger partial charge in [0.15, 0.2) is 19.9 Å². The second-order valence-corrected chi connectivity index (χ2v) is 8.70. The van der Waals surface area contributed by atoms with E-state index in [1.165, 1.54) is 29.2 Å². The van der Waals surface area contributed by atoms with Gasteiger partial charge in [0.1, 0.15) is 0 Å². The Bertz CT molecular complexity index is 1020. The topological polar surface area (TPSA) is 46.9 Å². The van der Waals surface area contributed by atoms with Crippen LogP contribution in [0.3, 0.4) is 0 Å². The van der Waals surface area contributed by atoms with Crippen molar-refractivity contribution in [1.29, 1.82) is 0 Å². The van der Waals surface area contributed by atoms with Crippen molar-refractivity contribution in [3.05, 3.63) is 63.1 Å². The second-order valence-electron chi connectivity index (χ2n) is 5.30. The van der Waals surface area contributed by atoms with Crippen molar-refractivity contribution in [2.75, 3.05) is 11.1 Å². The molecular weight excluding hydrogens is 432 g/mol. The molecule has 0 radical (unpaired) electrons. The summed E-state index contributed by atoms with van der Waals surface area (Å²) in [6.45, 7) is 0. The Labute approximate surface area is 172 Å². The number of benzene rings is 2. The van der Waals surface area contributed by atoms with E-state index >= 15 is 0 Å². The largest absolute Gasteiger partial charge is 0.326 e. The van der Waals surface area contributed by atoms with Gasteiger partial charge in [-0.15, -0.1) is 5.10 Å². The highest BCUT2D eigenvalue weighted by atomic mass is 35.5. The van der Waals surface area contributed by atoms with E-state index in [0.717, 1.165) is 22.2 Å². The molecule has 0 spiro atoms. The number of carbonyl (C=O) groups excluding carboxylic acids is 1. The summed E-state index contributed by atoms with van der Waals surface area (Å²) in [5.74, 6) is -1.79. The van der Waals surface area contributed by atoms with Crippen LogP contribution >= 0.6 is 46.9 Å². The molecule has 0 saturated carbocycles. The Balaban J connectivity index is 1.55. The fraction of sp³-hybridized carbons (Fsp3) is 0.118. The molecule has 0 aliphatic rings. The lowest BCUT2D eigenvalue weighted by atomic mass is 10.3. The summed E-state index contributed by atoms with van der Waals surface area (Å²) in [6, 6.07) is 10.4. The molecule has 140 valence electrons. The van der Waals surface area contributed by atoms with E-state index in [4.69, 9.17) is 23.8 Å². The van der Waals surface area contributed by atoms with Crippen LogP contribution in [0.25, 0.3) is 5.69 Å². The molecule has 10 heteroatoms. The number of halogens is 3. The minimum absolute atomic E-state index is 0.191. The summed E-state index contributed by atoms with van der Waals surface area (Å²) in [5, 5.41) is 7.60. The summed E-state index contributed by atoms with van der Waals surface area (Å²) in [5.41, 5.74) is 1.02. The maximum Gasteiger partial charge on any atom is 0.225 e. The first-order chi connectivity index (χ1) is 12.9. The summed E-state index contributed by atoms with van der Waals surface area (Å²) < 4.78 is 29.0. The minimum Gasteiger partial charge on any atom is -0.326 e. The number of rotatable bonds is 6. The molecule has 3 rings (SSSR count). The second kappa shape index (κ2) is 8.92. The third-order valence-corrected chi connectivity index (χ3v) is 5.98. The number of nitrogens with one attached hydrogen (secondary N) is 1. The molecule has 3 aromatic rings. The third-order valence-electron chi connectivity index (χ3n) is 3.36. The predicted octanol–water partition coefficient (Wildman–Crippen LogP) is 5.72. The summed E-state index contributed by atoms with van der Waals surface area (Å²) in [6.07, 6.45) is 0.191. The Hall–Kier alpha value is -1.81. The highest BCUT2D eigenvalue weighted by Crippen LogP contribution is 2.25. The number of hydrogen-bond donors (Lipinski definition) is 1. The highest BCUT2D eigenvalue weighted by Gasteiger charge is 2.09. The molecule has 2 aromatic carbocycles. The van der Waals surface area contributed by atoms with Gasteiger partial charge >= 0.3 is 0 Å². The minimum atomic E-state index is -1.00. The van der Waals surface area contributed by atoms with Crippen LogP contribution in [0.5, 0.6) is 0 Å². The highest BCUT2D eigenvalue weighted by molar-refractivity contribution is 8.01. The van der Waals surface area contributed by atoms with Gasteiger partial charge in [-0.25, -0.2) is 13.5 Å². The number of thioether (sulfide) groups is 1. The zero-order valence-corrected chi connectivity index (χ0v) is 16.8. The fourth-order valence-electron chi connectivity index (χ4n) is 2.09. The van der Waals surface area contributed by atoms with Crippen molar-refractivity contribution in [3.63, 3.8) is 0 Å². The molecule has 1 heterocycles. The maximum absolute atomic E-state index is 13.1. The van der Waals surface area contributed by atoms with Gasteiger partial charge in [0, 0.05) is 29.0 Å². The lowest BCUT2D eigenvalue weighted by molar-refractivity contribution is -0.115. The van der Waals surface area contributed by atoms with Crippen LogP contribution in [-0.4, -0.2) is 21.4 Å². The SMILES string of the molecule is O=C(CCSc1nn(-c2ccc(Cl)cc2)c(=S)s1)Nc1ccc(F)c(F)c1. The van der Waals surface area contributed by atoms with Gasteiger partial charge in [0.05, 0.1) is 5.69 Å². The first kappa shape index (κ1) is 19.9. The standard InChI is InChI=1S/C17H12ClF2N3OS3/c18-10-1-4-12(5-2-10)23-17(25)27-16(22-23)26-8-7-15(24)21-11-3-6-13(19)14(20)9-11/h1-6,9H,7-8H2,(H,21,24). The van der Waals surface area contributed by atoms with Gasteiger partial charge in [-0.3, -0.25) is 4.79 Å². The predicted molar refractivity (Wildman–Crippen MR) is 108 cm³/mol. The molecule has 0 atom stereocenters. The average Bonchev–Trinajstić information content (AvgIpc) is 2.99. The van der Waals surface area contributed by atoms with E-state index in [1.807, 2.05) is 12.1 Å². The zero-order chi connectivity index (χ0) is 19.4. The van der Waals surface area contributed by atoms with Gasteiger partial charge in [-0.05, 0) is 48.6 Å². The molecule has 0 unspecified atom stereocenters. The van der Waals surface area contributed by atoms with E-state index in [0.29, 0.717) is 14.7 Å².